The van der Waals surface area contributed by atoms with Crippen molar-refractivity contribution in [3.05, 3.63) is 58.4 Å². The maximum absolute atomic E-state index is 11.9. The molecule has 7 heteroatoms. The fourth-order valence-corrected chi connectivity index (χ4v) is 1.53. The Kier molecular flexibility index (Phi) is 3.37. The third-order valence-corrected chi connectivity index (χ3v) is 2.40. The van der Waals surface area contributed by atoms with Gasteiger partial charge in [0.1, 0.15) is 5.69 Å². The Labute approximate surface area is 108 Å². The van der Waals surface area contributed by atoms with E-state index in [-0.39, 0.29) is 22.8 Å². The second-order valence-corrected chi connectivity index (χ2v) is 3.67. The lowest BCUT2D eigenvalue weighted by atomic mass is 10.2. The zero-order valence-corrected chi connectivity index (χ0v) is 9.74. The minimum Gasteiger partial charge on any atom is -0.397 e. The average molecular weight is 258 g/mol. The molecule has 1 aromatic carbocycles. The van der Waals surface area contributed by atoms with Crippen molar-refractivity contribution in [1.29, 1.82) is 0 Å². The van der Waals surface area contributed by atoms with Crippen molar-refractivity contribution in [1.82, 2.24) is 4.98 Å². The van der Waals surface area contributed by atoms with Gasteiger partial charge in [0, 0.05) is 12.3 Å². The number of para-hydroxylation sites is 2. The van der Waals surface area contributed by atoms with Gasteiger partial charge in [0.15, 0.2) is 5.69 Å². The van der Waals surface area contributed by atoms with Crippen LogP contribution < -0.4 is 11.1 Å². The number of aromatic nitrogens is 1. The summed E-state index contributed by atoms with van der Waals surface area (Å²) in [4.78, 5) is 26.0. The summed E-state index contributed by atoms with van der Waals surface area (Å²) in [5, 5.41) is 13.2. The van der Waals surface area contributed by atoms with Crippen LogP contribution in [0.5, 0.6) is 0 Å². The molecule has 19 heavy (non-hydrogen) atoms. The van der Waals surface area contributed by atoms with E-state index >= 15 is 0 Å². The molecule has 0 bridgehead atoms. The summed E-state index contributed by atoms with van der Waals surface area (Å²) in [5.41, 5.74) is 5.76. The quantitative estimate of drug-likeness (QED) is 0.644. The summed E-state index contributed by atoms with van der Waals surface area (Å²) in [6.07, 6.45) is 1.42. The van der Waals surface area contributed by atoms with Gasteiger partial charge in [-0.2, -0.15) is 0 Å². The van der Waals surface area contributed by atoms with E-state index in [0.29, 0.717) is 0 Å². The largest absolute Gasteiger partial charge is 0.397 e. The molecule has 96 valence electrons. The molecule has 0 spiro atoms. The van der Waals surface area contributed by atoms with E-state index in [1.54, 1.807) is 12.1 Å². The van der Waals surface area contributed by atoms with Crippen LogP contribution in [0, 0.1) is 10.1 Å². The predicted octanol–water partition coefficient (Wildman–Crippen LogP) is 1.82. The number of hydrogen-bond acceptors (Lipinski definition) is 5. The fourth-order valence-electron chi connectivity index (χ4n) is 1.53. The smallest absolute Gasteiger partial charge is 0.292 e. The van der Waals surface area contributed by atoms with E-state index in [1.165, 1.54) is 30.5 Å². The van der Waals surface area contributed by atoms with E-state index in [1.807, 2.05) is 0 Å². The van der Waals surface area contributed by atoms with Crippen LogP contribution in [0.1, 0.15) is 10.5 Å². The number of pyridine rings is 1. The summed E-state index contributed by atoms with van der Waals surface area (Å²) in [6, 6.07) is 8.97. The molecule has 1 amide bonds. The zero-order chi connectivity index (χ0) is 13.8. The molecule has 0 aliphatic heterocycles. The molecule has 0 fully saturated rings. The monoisotopic (exact) mass is 258 g/mol. The highest BCUT2D eigenvalue weighted by molar-refractivity contribution is 6.07. The molecule has 1 heterocycles. The van der Waals surface area contributed by atoms with Gasteiger partial charge in [0.05, 0.1) is 10.6 Å². The maximum atomic E-state index is 11.9. The standard InChI is InChI=1S/C12H10N4O3/c13-8-4-3-7-14-11(8)12(17)15-9-5-1-2-6-10(9)16(18)19/h1-7H,13H2,(H,15,17). The van der Waals surface area contributed by atoms with Crippen LogP contribution in [0.15, 0.2) is 42.6 Å². The summed E-state index contributed by atoms with van der Waals surface area (Å²) in [6.45, 7) is 0. The van der Waals surface area contributed by atoms with Crippen molar-refractivity contribution < 1.29 is 9.72 Å². The maximum Gasteiger partial charge on any atom is 0.292 e. The number of nitrogens with zero attached hydrogens (tertiary/aromatic N) is 2. The summed E-state index contributed by atoms with van der Waals surface area (Å²) in [5.74, 6) is -0.590. The first kappa shape index (κ1) is 12.5. The van der Waals surface area contributed by atoms with Gasteiger partial charge in [0.2, 0.25) is 0 Å². The Bertz CT molecular complexity index is 642. The SMILES string of the molecule is Nc1cccnc1C(=O)Nc1ccccc1[N+](=O)[O-]. The normalized spacial score (nSPS) is 9.89. The van der Waals surface area contributed by atoms with Gasteiger partial charge in [0.25, 0.3) is 11.6 Å². The number of carbonyl (C=O) groups is 1. The van der Waals surface area contributed by atoms with Crippen LogP contribution in [0.3, 0.4) is 0 Å². The van der Waals surface area contributed by atoms with Gasteiger partial charge >= 0.3 is 0 Å². The molecule has 2 rings (SSSR count). The number of nitro groups is 1. The number of hydrogen-bond donors (Lipinski definition) is 2. The van der Waals surface area contributed by atoms with Crippen LogP contribution in [0.25, 0.3) is 0 Å². The van der Waals surface area contributed by atoms with E-state index in [4.69, 9.17) is 5.73 Å². The molecular formula is C12H10N4O3. The van der Waals surface area contributed by atoms with Crippen molar-refractivity contribution in [2.45, 2.75) is 0 Å². The Balaban J connectivity index is 2.30. The molecule has 0 radical (unpaired) electrons. The molecule has 2 aromatic rings. The van der Waals surface area contributed by atoms with Crippen molar-refractivity contribution in [2.75, 3.05) is 11.1 Å². The molecule has 0 unspecified atom stereocenters. The van der Waals surface area contributed by atoms with E-state index < -0.39 is 10.8 Å². The number of rotatable bonds is 3. The number of nitrogens with two attached hydrogens (primary N) is 1. The topological polar surface area (TPSA) is 111 Å². The molecule has 1 aromatic heterocycles. The average Bonchev–Trinajstić information content (AvgIpc) is 2.39. The highest BCUT2D eigenvalue weighted by Gasteiger charge is 2.17. The van der Waals surface area contributed by atoms with Crippen LogP contribution in [-0.4, -0.2) is 15.8 Å². The second-order valence-electron chi connectivity index (χ2n) is 3.67. The molecule has 0 aliphatic rings. The van der Waals surface area contributed by atoms with Crippen LogP contribution in [0.2, 0.25) is 0 Å². The van der Waals surface area contributed by atoms with Gasteiger partial charge in [-0.05, 0) is 18.2 Å². The minimum atomic E-state index is -0.590. The lowest BCUT2D eigenvalue weighted by Gasteiger charge is -2.06. The number of anilines is 2. The first-order chi connectivity index (χ1) is 9.09. The number of amides is 1. The van der Waals surface area contributed by atoms with Crippen LogP contribution in [-0.2, 0) is 0 Å². The molecule has 3 N–H and O–H groups in total. The van der Waals surface area contributed by atoms with E-state index in [9.17, 15) is 14.9 Å². The lowest BCUT2D eigenvalue weighted by molar-refractivity contribution is -0.383. The van der Waals surface area contributed by atoms with Gasteiger partial charge in [-0.25, -0.2) is 4.98 Å². The van der Waals surface area contributed by atoms with Crippen molar-refractivity contribution in [3.63, 3.8) is 0 Å². The minimum absolute atomic E-state index is 0.0284. The third-order valence-electron chi connectivity index (χ3n) is 2.40. The molecule has 0 saturated heterocycles. The Morgan fingerprint density at radius 1 is 1.26 bits per heavy atom. The molecular weight excluding hydrogens is 248 g/mol. The highest BCUT2D eigenvalue weighted by atomic mass is 16.6. The number of nitrogens with one attached hydrogen (secondary N) is 1. The fraction of sp³-hybridized carbons (Fsp3) is 0. The van der Waals surface area contributed by atoms with Crippen molar-refractivity contribution >= 4 is 23.0 Å². The van der Waals surface area contributed by atoms with E-state index in [0.717, 1.165) is 0 Å². The summed E-state index contributed by atoms with van der Waals surface area (Å²) in [7, 11) is 0. The summed E-state index contributed by atoms with van der Waals surface area (Å²) < 4.78 is 0. The zero-order valence-electron chi connectivity index (χ0n) is 9.74. The Hall–Kier alpha value is -2.96. The van der Waals surface area contributed by atoms with E-state index in [2.05, 4.69) is 10.3 Å². The second kappa shape index (κ2) is 5.13. The molecule has 7 nitrogen and oxygen atoms in total. The van der Waals surface area contributed by atoms with Gasteiger partial charge < -0.3 is 11.1 Å². The Morgan fingerprint density at radius 2 is 2.00 bits per heavy atom. The molecule has 0 aliphatic carbocycles. The van der Waals surface area contributed by atoms with Crippen LogP contribution >= 0.6 is 0 Å². The Morgan fingerprint density at radius 3 is 2.68 bits per heavy atom. The number of benzene rings is 1. The van der Waals surface area contributed by atoms with Gasteiger partial charge in [-0.1, -0.05) is 12.1 Å². The highest BCUT2D eigenvalue weighted by Crippen LogP contribution is 2.24. The molecule has 0 atom stereocenters. The van der Waals surface area contributed by atoms with Gasteiger partial charge in [-0.3, -0.25) is 14.9 Å². The van der Waals surface area contributed by atoms with Crippen LogP contribution in [0.4, 0.5) is 17.1 Å². The predicted molar refractivity (Wildman–Crippen MR) is 69.7 cm³/mol. The third kappa shape index (κ3) is 2.65. The first-order valence-corrected chi connectivity index (χ1v) is 5.35. The van der Waals surface area contributed by atoms with Gasteiger partial charge in [-0.15, -0.1) is 0 Å². The van der Waals surface area contributed by atoms with Crippen molar-refractivity contribution in [3.8, 4) is 0 Å². The first-order valence-electron chi connectivity index (χ1n) is 5.35. The lowest BCUT2D eigenvalue weighted by Crippen LogP contribution is -2.16. The molecule has 0 saturated carbocycles. The number of nitrogen functional groups attached to an aromatic ring is 1. The van der Waals surface area contributed by atoms with Crippen molar-refractivity contribution in [2.24, 2.45) is 0 Å². The summed E-state index contributed by atoms with van der Waals surface area (Å²) >= 11 is 0. The number of carbonyl (C=O) groups excluding carboxylic acids is 1. The number of nitro benzene ring substituents is 1.